The number of methoxy groups -OCH3 is 1. The van der Waals surface area contributed by atoms with Crippen molar-refractivity contribution in [1.82, 2.24) is 5.32 Å². The molecule has 1 fully saturated rings. The van der Waals surface area contributed by atoms with E-state index < -0.39 is 0 Å². The molecule has 1 aromatic rings. The Labute approximate surface area is 125 Å². The summed E-state index contributed by atoms with van der Waals surface area (Å²) < 4.78 is 5.21. The Morgan fingerprint density at radius 3 is 2.90 bits per heavy atom. The number of piperidine rings is 1. The second-order valence-corrected chi connectivity index (χ2v) is 5.31. The number of rotatable bonds is 5. The molecule has 5 heteroatoms. The molecule has 5 nitrogen and oxygen atoms in total. The molecule has 0 aromatic heterocycles. The van der Waals surface area contributed by atoms with Gasteiger partial charge in [0.15, 0.2) is 0 Å². The summed E-state index contributed by atoms with van der Waals surface area (Å²) in [7, 11) is 1.53. The molecule has 2 N–H and O–H groups in total. The summed E-state index contributed by atoms with van der Waals surface area (Å²) in [5, 5.41) is 15.0. The normalized spacial score (nSPS) is 15.2. The van der Waals surface area contributed by atoms with Crippen LogP contribution >= 0.6 is 0 Å². The molecule has 0 spiro atoms. The van der Waals surface area contributed by atoms with E-state index in [4.69, 9.17) is 10.00 Å². The van der Waals surface area contributed by atoms with Crippen molar-refractivity contribution in [2.24, 2.45) is 5.92 Å². The van der Waals surface area contributed by atoms with E-state index in [1.807, 2.05) is 0 Å². The zero-order valence-corrected chi connectivity index (χ0v) is 12.3. The van der Waals surface area contributed by atoms with Gasteiger partial charge in [0, 0.05) is 12.5 Å². The monoisotopic (exact) mass is 287 g/mol. The van der Waals surface area contributed by atoms with E-state index in [0.717, 1.165) is 32.4 Å². The Kier molecular flexibility index (Phi) is 5.59. The molecule has 0 saturated carbocycles. The highest BCUT2D eigenvalue weighted by Crippen LogP contribution is 2.26. The molecule has 1 aliphatic rings. The fourth-order valence-corrected chi connectivity index (χ4v) is 2.58. The number of benzene rings is 1. The van der Waals surface area contributed by atoms with Gasteiger partial charge in [-0.2, -0.15) is 5.26 Å². The van der Waals surface area contributed by atoms with Crippen LogP contribution < -0.4 is 15.4 Å². The molecule has 0 unspecified atom stereocenters. The molecule has 21 heavy (non-hydrogen) atoms. The van der Waals surface area contributed by atoms with Crippen molar-refractivity contribution in [3.63, 3.8) is 0 Å². The van der Waals surface area contributed by atoms with E-state index in [1.54, 1.807) is 18.2 Å². The van der Waals surface area contributed by atoms with E-state index in [1.165, 1.54) is 7.11 Å². The number of carbonyl (C=O) groups excluding carboxylic acids is 1. The van der Waals surface area contributed by atoms with Crippen LogP contribution in [0.5, 0.6) is 5.75 Å². The van der Waals surface area contributed by atoms with Crippen LogP contribution in [-0.2, 0) is 4.79 Å². The lowest BCUT2D eigenvalue weighted by Crippen LogP contribution is -2.28. The topological polar surface area (TPSA) is 74.1 Å². The lowest BCUT2D eigenvalue weighted by Gasteiger charge is -2.22. The number of hydrogen-bond acceptors (Lipinski definition) is 4. The van der Waals surface area contributed by atoms with Gasteiger partial charge in [0.1, 0.15) is 5.75 Å². The third kappa shape index (κ3) is 4.47. The van der Waals surface area contributed by atoms with Crippen molar-refractivity contribution in [3.05, 3.63) is 23.8 Å². The summed E-state index contributed by atoms with van der Waals surface area (Å²) in [5.74, 6) is 1.15. The van der Waals surface area contributed by atoms with Crippen molar-refractivity contribution in [3.8, 4) is 11.8 Å². The van der Waals surface area contributed by atoms with E-state index in [2.05, 4.69) is 16.7 Å². The van der Waals surface area contributed by atoms with Crippen molar-refractivity contribution >= 4 is 11.6 Å². The quantitative estimate of drug-likeness (QED) is 0.871. The van der Waals surface area contributed by atoms with Gasteiger partial charge >= 0.3 is 0 Å². The summed E-state index contributed by atoms with van der Waals surface area (Å²) in [6.45, 7) is 2.10. The Balaban J connectivity index is 1.88. The van der Waals surface area contributed by atoms with Gasteiger partial charge in [-0.3, -0.25) is 4.79 Å². The Hall–Kier alpha value is -2.06. The molecule has 0 bridgehead atoms. The van der Waals surface area contributed by atoms with E-state index in [-0.39, 0.29) is 5.91 Å². The first-order valence-electron chi connectivity index (χ1n) is 7.31. The number of nitrogens with one attached hydrogen (secondary N) is 2. The number of ether oxygens (including phenoxy) is 1. The Morgan fingerprint density at radius 1 is 1.48 bits per heavy atom. The van der Waals surface area contributed by atoms with Gasteiger partial charge in [-0.15, -0.1) is 0 Å². The predicted molar refractivity (Wildman–Crippen MR) is 81.2 cm³/mol. The molecule has 1 amide bonds. The third-order valence-corrected chi connectivity index (χ3v) is 3.84. The SMILES string of the molecule is COc1cc(C#N)ccc1NC(=O)CCC1CCNCC1. The average Bonchev–Trinajstić information content (AvgIpc) is 2.54. The molecule has 1 aliphatic heterocycles. The number of anilines is 1. The van der Waals surface area contributed by atoms with Gasteiger partial charge in [0.25, 0.3) is 0 Å². The Morgan fingerprint density at radius 2 is 2.24 bits per heavy atom. The molecule has 1 heterocycles. The fourth-order valence-electron chi connectivity index (χ4n) is 2.58. The summed E-state index contributed by atoms with van der Waals surface area (Å²) in [4.78, 5) is 12.0. The minimum absolute atomic E-state index is 0.00320. The van der Waals surface area contributed by atoms with Crippen molar-refractivity contribution in [2.75, 3.05) is 25.5 Å². The van der Waals surface area contributed by atoms with Crippen LogP contribution in [-0.4, -0.2) is 26.1 Å². The number of carbonyl (C=O) groups is 1. The summed E-state index contributed by atoms with van der Waals surface area (Å²) >= 11 is 0. The third-order valence-electron chi connectivity index (χ3n) is 3.84. The van der Waals surface area contributed by atoms with Gasteiger partial charge in [0.2, 0.25) is 5.91 Å². The van der Waals surface area contributed by atoms with Gasteiger partial charge in [-0.25, -0.2) is 0 Å². The van der Waals surface area contributed by atoms with Crippen LogP contribution in [0.25, 0.3) is 0 Å². The highest BCUT2D eigenvalue weighted by molar-refractivity contribution is 5.92. The van der Waals surface area contributed by atoms with E-state index in [0.29, 0.717) is 29.3 Å². The molecule has 0 aliphatic carbocycles. The molecule has 1 aromatic carbocycles. The zero-order chi connectivity index (χ0) is 15.1. The molecule has 0 atom stereocenters. The molecular formula is C16H21N3O2. The van der Waals surface area contributed by atoms with E-state index in [9.17, 15) is 4.79 Å². The lowest BCUT2D eigenvalue weighted by atomic mass is 9.93. The maximum atomic E-state index is 12.0. The second-order valence-electron chi connectivity index (χ2n) is 5.31. The van der Waals surface area contributed by atoms with Crippen LogP contribution in [0.3, 0.4) is 0 Å². The number of hydrogen-bond donors (Lipinski definition) is 2. The van der Waals surface area contributed by atoms with Gasteiger partial charge in [-0.1, -0.05) is 0 Å². The maximum Gasteiger partial charge on any atom is 0.224 e. The number of nitriles is 1. The number of amides is 1. The Bertz CT molecular complexity index is 531. The summed E-state index contributed by atoms with van der Waals surface area (Å²) in [5.41, 5.74) is 1.13. The summed E-state index contributed by atoms with van der Waals surface area (Å²) in [6.07, 6.45) is 3.74. The maximum absolute atomic E-state index is 12.0. The van der Waals surface area contributed by atoms with Gasteiger partial charge < -0.3 is 15.4 Å². The lowest BCUT2D eigenvalue weighted by molar-refractivity contribution is -0.116. The second kappa shape index (κ2) is 7.65. The highest BCUT2D eigenvalue weighted by atomic mass is 16.5. The largest absolute Gasteiger partial charge is 0.495 e. The smallest absolute Gasteiger partial charge is 0.224 e. The minimum atomic E-state index is -0.00320. The van der Waals surface area contributed by atoms with Crippen LogP contribution in [0.15, 0.2) is 18.2 Å². The fraction of sp³-hybridized carbons (Fsp3) is 0.500. The number of nitrogens with zero attached hydrogens (tertiary/aromatic N) is 1. The van der Waals surface area contributed by atoms with Crippen LogP contribution in [0.2, 0.25) is 0 Å². The zero-order valence-electron chi connectivity index (χ0n) is 12.3. The highest BCUT2D eigenvalue weighted by Gasteiger charge is 2.15. The standard InChI is InChI=1S/C16H21N3O2/c1-21-15-10-13(11-17)2-4-14(15)19-16(20)5-3-12-6-8-18-9-7-12/h2,4,10,12,18H,3,5-9H2,1H3,(H,19,20). The first-order valence-corrected chi connectivity index (χ1v) is 7.31. The average molecular weight is 287 g/mol. The van der Waals surface area contributed by atoms with E-state index >= 15 is 0 Å². The van der Waals surface area contributed by atoms with Crippen molar-refractivity contribution in [2.45, 2.75) is 25.7 Å². The minimum Gasteiger partial charge on any atom is -0.495 e. The summed E-state index contributed by atoms with van der Waals surface area (Å²) in [6, 6.07) is 7.06. The van der Waals surface area contributed by atoms with Crippen molar-refractivity contribution < 1.29 is 9.53 Å². The molecule has 0 radical (unpaired) electrons. The molecule has 112 valence electrons. The molecular weight excluding hydrogens is 266 g/mol. The molecule has 2 rings (SSSR count). The first kappa shape index (κ1) is 15.3. The first-order chi connectivity index (χ1) is 10.2. The van der Waals surface area contributed by atoms with Gasteiger partial charge in [0.05, 0.1) is 24.4 Å². The van der Waals surface area contributed by atoms with Crippen LogP contribution in [0.4, 0.5) is 5.69 Å². The molecule has 1 saturated heterocycles. The van der Waals surface area contributed by atoms with Crippen LogP contribution in [0.1, 0.15) is 31.2 Å². The van der Waals surface area contributed by atoms with Crippen LogP contribution in [0, 0.1) is 17.2 Å². The predicted octanol–water partition coefficient (Wildman–Crippen LogP) is 2.29. The van der Waals surface area contributed by atoms with Crippen molar-refractivity contribution in [1.29, 1.82) is 5.26 Å². The van der Waals surface area contributed by atoms with Gasteiger partial charge in [-0.05, 0) is 50.4 Å².